The molecule has 0 radical (unpaired) electrons. The Balaban J connectivity index is 1.41. The van der Waals surface area contributed by atoms with E-state index in [2.05, 4.69) is 18.0 Å². The molecule has 5 heteroatoms. The molecule has 1 aromatic carbocycles. The molecule has 2 aromatic heterocycles. The van der Waals surface area contributed by atoms with E-state index in [1.54, 1.807) is 0 Å². The van der Waals surface area contributed by atoms with Gasteiger partial charge in [-0.25, -0.2) is 4.98 Å². The lowest BCUT2D eigenvalue weighted by Gasteiger charge is -2.32. The van der Waals surface area contributed by atoms with Crippen molar-refractivity contribution in [2.45, 2.75) is 26.7 Å². The largest absolute Gasteiger partial charge is 0.493 e. The number of piperidine rings is 1. The Morgan fingerprint density at radius 2 is 2.11 bits per heavy atom. The first-order valence-corrected chi connectivity index (χ1v) is 9.52. The van der Waals surface area contributed by atoms with Crippen molar-refractivity contribution < 1.29 is 9.53 Å². The third kappa shape index (κ3) is 3.97. The number of carbonyl (C=O) groups is 1. The SMILES string of the molecule is Cc1cccc(OC[C@@H]2CCCN(C(=O)c3ccc4nc(C)cn4c3)C2)c1. The number of rotatable bonds is 4. The minimum absolute atomic E-state index is 0.0866. The molecule has 3 heterocycles. The summed E-state index contributed by atoms with van der Waals surface area (Å²) in [6.07, 6.45) is 5.93. The van der Waals surface area contributed by atoms with Gasteiger partial charge in [-0.05, 0) is 56.5 Å². The normalized spacial score (nSPS) is 17.3. The van der Waals surface area contributed by atoms with E-state index in [1.807, 2.05) is 58.9 Å². The smallest absolute Gasteiger partial charge is 0.255 e. The van der Waals surface area contributed by atoms with Crippen molar-refractivity contribution in [3.63, 3.8) is 0 Å². The number of hydrogen-bond acceptors (Lipinski definition) is 3. The van der Waals surface area contributed by atoms with E-state index in [0.717, 1.165) is 43.0 Å². The highest BCUT2D eigenvalue weighted by atomic mass is 16.5. The fourth-order valence-electron chi connectivity index (χ4n) is 3.73. The molecule has 0 unspecified atom stereocenters. The number of imidazole rings is 1. The van der Waals surface area contributed by atoms with Crippen LogP contribution in [0.4, 0.5) is 0 Å². The van der Waals surface area contributed by atoms with E-state index in [9.17, 15) is 4.79 Å². The zero-order chi connectivity index (χ0) is 18.8. The lowest BCUT2D eigenvalue weighted by atomic mass is 9.98. The molecule has 1 atom stereocenters. The molecular weight excluding hydrogens is 338 g/mol. The third-order valence-electron chi connectivity index (χ3n) is 5.10. The quantitative estimate of drug-likeness (QED) is 0.707. The highest BCUT2D eigenvalue weighted by molar-refractivity contribution is 5.94. The van der Waals surface area contributed by atoms with Crippen LogP contribution in [0.25, 0.3) is 5.65 Å². The van der Waals surface area contributed by atoms with Crippen molar-refractivity contribution >= 4 is 11.6 Å². The average Bonchev–Trinajstić information content (AvgIpc) is 3.05. The predicted molar refractivity (Wildman–Crippen MR) is 105 cm³/mol. The molecule has 1 fully saturated rings. The minimum Gasteiger partial charge on any atom is -0.493 e. The van der Waals surface area contributed by atoms with Crippen molar-refractivity contribution in [1.82, 2.24) is 14.3 Å². The molecule has 140 valence electrons. The molecule has 4 rings (SSSR count). The van der Waals surface area contributed by atoms with Gasteiger partial charge in [0.05, 0.1) is 17.9 Å². The molecule has 0 saturated carbocycles. The van der Waals surface area contributed by atoms with E-state index in [0.29, 0.717) is 18.1 Å². The van der Waals surface area contributed by atoms with Crippen LogP contribution in [0.2, 0.25) is 0 Å². The van der Waals surface area contributed by atoms with Crippen LogP contribution in [0.1, 0.15) is 34.5 Å². The Labute approximate surface area is 159 Å². The standard InChI is InChI=1S/C22H25N3O2/c1-16-5-3-7-20(11-16)27-15-18-6-4-10-24(13-18)22(26)19-8-9-21-23-17(2)12-25(21)14-19/h3,5,7-9,11-12,14,18H,4,6,10,13,15H2,1-2H3/t18-/m1/s1. The van der Waals surface area contributed by atoms with Gasteiger partial charge >= 0.3 is 0 Å². The van der Waals surface area contributed by atoms with Gasteiger partial charge in [-0.15, -0.1) is 0 Å². The van der Waals surface area contributed by atoms with Crippen LogP contribution in [0.3, 0.4) is 0 Å². The third-order valence-corrected chi connectivity index (χ3v) is 5.10. The van der Waals surface area contributed by atoms with Crippen molar-refractivity contribution in [3.05, 3.63) is 65.6 Å². The fourth-order valence-corrected chi connectivity index (χ4v) is 3.73. The summed E-state index contributed by atoms with van der Waals surface area (Å²) in [7, 11) is 0. The second-order valence-corrected chi connectivity index (χ2v) is 7.45. The van der Waals surface area contributed by atoms with Gasteiger partial charge in [0, 0.05) is 31.4 Å². The number of carbonyl (C=O) groups excluding carboxylic acids is 1. The van der Waals surface area contributed by atoms with Gasteiger partial charge < -0.3 is 14.0 Å². The van der Waals surface area contributed by atoms with Gasteiger partial charge in [-0.3, -0.25) is 4.79 Å². The van der Waals surface area contributed by atoms with Crippen LogP contribution in [0.5, 0.6) is 5.75 Å². The number of fused-ring (bicyclic) bond motifs is 1. The summed E-state index contributed by atoms with van der Waals surface area (Å²) in [5.41, 5.74) is 3.72. The summed E-state index contributed by atoms with van der Waals surface area (Å²) in [6.45, 7) is 6.21. The monoisotopic (exact) mass is 363 g/mol. The molecule has 5 nitrogen and oxygen atoms in total. The number of pyridine rings is 1. The van der Waals surface area contributed by atoms with E-state index in [4.69, 9.17) is 4.74 Å². The van der Waals surface area contributed by atoms with Crippen molar-refractivity contribution in [2.24, 2.45) is 5.92 Å². The first kappa shape index (κ1) is 17.6. The molecule has 0 aliphatic carbocycles. The predicted octanol–water partition coefficient (Wildman–Crippen LogP) is 3.88. The molecule has 0 N–H and O–H groups in total. The highest BCUT2D eigenvalue weighted by Crippen LogP contribution is 2.21. The first-order valence-electron chi connectivity index (χ1n) is 9.52. The molecule has 1 aliphatic rings. The van der Waals surface area contributed by atoms with Crippen LogP contribution >= 0.6 is 0 Å². The van der Waals surface area contributed by atoms with E-state index >= 15 is 0 Å². The Morgan fingerprint density at radius 3 is 2.96 bits per heavy atom. The molecular formula is C22H25N3O2. The molecule has 27 heavy (non-hydrogen) atoms. The Morgan fingerprint density at radius 1 is 1.22 bits per heavy atom. The number of likely N-dealkylation sites (tertiary alicyclic amines) is 1. The van der Waals surface area contributed by atoms with Crippen LogP contribution < -0.4 is 4.74 Å². The van der Waals surface area contributed by atoms with E-state index < -0.39 is 0 Å². The lowest BCUT2D eigenvalue weighted by Crippen LogP contribution is -2.41. The average molecular weight is 363 g/mol. The van der Waals surface area contributed by atoms with Crippen LogP contribution in [-0.2, 0) is 0 Å². The molecule has 3 aromatic rings. The number of benzene rings is 1. The number of nitrogens with zero attached hydrogens (tertiary/aromatic N) is 3. The molecule has 0 bridgehead atoms. The summed E-state index contributed by atoms with van der Waals surface area (Å²) in [6, 6.07) is 11.9. The molecule has 0 spiro atoms. The van der Waals surface area contributed by atoms with Crippen LogP contribution in [-0.4, -0.2) is 39.9 Å². The van der Waals surface area contributed by atoms with Gasteiger partial charge in [0.2, 0.25) is 0 Å². The second-order valence-electron chi connectivity index (χ2n) is 7.45. The van der Waals surface area contributed by atoms with Gasteiger partial charge in [-0.2, -0.15) is 0 Å². The Hall–Kier alpha value is -2.82. The Kier molecular flexibility index (Phi) is 4.84. The van der Waals surface area contributed by atoms with Gasteiger partial charge in [0.25, 0.3) is 5.91 Å². The molecule has 1 amide bonds. The molecule has 1 saturated heterocycles. The zero-order valence-corrected chi connectivity index (χ0v) is 15.9. The molecule has 1 aliphatic heterocycles. The number of ether oxygens (including phenoxy) is 1. The minimum atomic E-state index is 0.0866. The summed E-state index contributed by atoms with van der Waals surface area (Å²) >= 11 is 0. The fraction of sp³-hybridized carbons (Fsp3) is 0.364. The van der Waals surface area contributed by atoms with Gasteiger partial charge in [0.15, 0.2) is 0 Å². The van der Waals surface area contributed by atoms with E-state index in [-0.39, 0.29) is 5.91 Å². The number of hydrogen-bond donors (Lipinski definition) is 0. The maximum atomic E-state index is 13.0. The number of amides is 1. The Bertz CT molecular complexity index is 963. The zero-order valence-electron chi connectivity index (χ0n) is 15.9. The van der Waals surface area contributed by atoms with Gasteiger partial charge in [-0.1, -0.05) is 12.1 Å². The summed E-state index contributed by atoms with van der Waals surface area (Å²) in [5, 5.41) is 0. The topological polar surface area (TPSA) is 46.8 Å². The summed E-state index contributed by atoms with van der Waals surface area (Å²) in [4.78, 5) is 19.3. The van der Waals surface area contributed by atoms with Crippen LogP contribution in [0.15, 0.2) is 48.8 Å². The first-order chi connectivity index (χ1) is 13.1. The maximum Gasteiger partial charge on any atom is 0.255 e. The lowest BCUT2D eigenvalue weighted by molar-refractivity contribution is 0.0633. The number of aromatic nitrogens is 2. The highest BCUT2D eigenvalue weighted by Gasteiger charge is 2.25. The number of aryl methyl sites for hydroxylation is 2. The summed E-state index contributed by atoms with van der Waals surface area (Å²) in [5.74, 6) is 1.35. The maximum absolute atomic E-state index is 13.0. The summed E-state index contributed by atoms with van der Waals surface area (Å²) < 4.78 is 7.89. The van der Waals surface area contributed by atoms with Crippen LogP contribution in [0, 0.1) is 19.8 Å². The van der Waals surface area contributed by atoms with Gasteiger partial charge in [0.1, 0.15) is 11.4 Å². The van der Waals surface area contributed by atoms with Crippen molar-refractivity contribution in [2.75, 3.05) is 19.7 Å². The van der Waals surface area contributed by atoms with Crippen molar-refractivity contribution in [3.8, 4) is 5.75 Å². The second kappa shape index (κ2) is 7.43. The van der Waals surface area contributed by atoms with E-state index in [1.165, 1.54) is 5.56 Å². The van der Waals surface area contributed by atoms with Crippen molar-refractivity contribution in [1.29, 1.82) is 0 Å².